The van der Waals surface area contributed by atoms with E-state index in [0.29, 0.717) is 6.54 Å². The molecule has 5 nitrogen and oxygen atoms in total. The summed E-state index contributed by atoms with van der Waals surface area (Å²) < 4.78 is 0. The third-order valence-corrected chi connectivity index (χ3v) is 4.72. The molecule has 0 saturated carbocycles. The van der Waals surface area contributed by atoms with Crippen LogP contribution in [0.1, 0.15) is 45.9 Å². The SMILES string of the molecule is CSc1nccc(CNC(C)(C)C(=O)Nc2ccc(C(C)(C)C)cc2)n1. The van der Waals surface area contributed by atoms with Gasteiger partial charge >= 0.3 is 0 Å². The van der Waals surface area contributed by atoms with Crippen molar-refractivity contribution < 1.29 is 4.79 Å². The number of hydrogen-bond donors (Lipinski definition) is 2. The number of hydrogen-bond acceptors (Lipinski definition) is 5. The summed E-state index contributed by atoms with van der Waals surface area (Å²) in [7, 11) is 0. The van der Waals surface area contributed by atoms with Crippen molar-refractivity contribution in [2.45, 2.75) is 57.3 Å². The summed E-state index contributed by atoms with van der Waals surface area (Å²) in [6.07, 6.45) is 3.68. The molecule has 0 bridgehead atoms. The van der Waals surface area contributed by atoms with E-state index in [-0.39, 0.29) is 11.3 Å². The lowest BCUT2D eigenvalue weighted by atomic mass is 9.87. The van der Waals surface area contributed by atoms with Gasteiger partial charge in [-0.15, -0.1) is 0 Å². The summed E-state index contributed by atoms with van der Waals surface area (Å²) in [6, 6.07) is 9.86. The highest BCUT2D eigenvalue weighted by molar-refractivity contribution is 7.98. The number of carbonyl (C=O) groups is 1. The van der Waals surface area contributed by atoms with Gasteiger partial charge in [0.25, 0.3) is 0 Å². The van der Waals surface area contributed by atoms with Crippen LogP contribution < -0.4 is 10.6 Å². The zero-order chi connectivity index (χ0) is 19.4. The van der Waals surface area contributed by atoms with Crippen molar-refractivity contribution in [3.8, 4) is 0 Å². The number of anilines is 1. The normalized spacial score (nSPS) is 12.1. The molecule has 2 N–H and O–H groups in total. The quantitative estimate of drug-likeness (QED) is 0.592. The summed E-state index contributed by atoms with van der Waals surface area (Å²) in [4.78, 5) is 21.2. The van der Waals surface area contributed by atoms with E-state index in [4.69, 9.17) is 0 Å². The maximum atomic E-state index is 12.6. The van der Waals surface area contributed by atoms with Crippen LogP contribution in [-0.4, -0.2) is 27.7 Å². The van der Waals surface area contributed by atoms with E-state index < -0.39 is 5.54 Å². The van der Waals surface area contributed by atoms with Gasteiger partial charge in [-0.3, -0.25) is 10.1 Å². The topological polar surface area (TPSA) is 66.9 Å². The van der Waals surface area contributed by atoms with Gasteiger partial charge in [0.2, 0.25) is 5.91 Å². The Kier molecular flexibility index (Phi) is 6.42. The van der Waals surface area contributed by atoms with Crippen molar-refractivity contribution >= 4 is 23.4 Å². The van der Waals surface area contributed by atoms with E-state index in [1.165, 1.54) is 17.3 Å². The Morgan fingerprint density at radius 2 is 1.73 bits per heavy atom. The minimum Gasteiger partial charge on any atom is -0.325 e. The van der Waals surface area contributed by atoms with Crippen molar-refractivity contribution in [1.29, 1.82) is 0 Å². The van der Waals surface area contributed by atoms with Gasteiger partial charge in [-0.05, 0) is 49.3 Å². The largest absolute Gasteiger partial charge is 0.325 e. The van der Waals surface area contributed by atoms with E-state index in [1.54, 1.807) is 6.20 Å². The Balaban J connectivity index is 1.98. The Morgan fingerprint density at radius 1 is 1.08 bits per heavy atom. The average Bonchev–Trinajstić information content (AvgIpc) is 2.60. The summed E-state index contributed by atoms with van der Waals surface area (Å²) in [6.45, 7) is 10.7. The number of thioether (sulfide) groups is 1. The Labute approximate surface area is 160 Å². The third kappa shape index (κ3) is 5.54. The molecular weight excluding hydrogens is 344 g/mol. The Bertz CT molecular complexity index is 751. The fraction of sp³-hybridized carbons (Fsp3) is 0.450. The molecule has 0 aliphatic rings. The molecule has 0 spiro atoms. The molecule has 1 heterocycles. The predicted molar refractivity (Wildman–Crippen MR) is 109 cm³/mol. The fourth-order valence-electron chi connectivity index (χ4n) is 2.31. The lowest BCUT2D eigenvalue weighted by Gasteiger charge is -2.25. The van der Waals surface area contributed by atoms with Crippen molar-refractivity contribution in [2.75, 3.05) is 11.6 Å². The zero-order valence-corrected chi connectivity index (χ0v) is 17.2. The molecule has 0 aliphatic heterocycles. The molecule has 1 amide bonds. The van der Waals surface area contributed by atoms with Gasteiger partial charge in [-0.1, -0.05) is 44.7 Å². The standard InChI is InChI=1S/C20H28N4OS/c1-19(2,3)14-7-9-15(10-8-14)23-17(25)20(4,5)22-13-16-11-12-21-18(24-16)26-6/h7-12,22H,13H2,1-6H3,(H,23,25). The highest BCUT2D eigenvalue weighted by Crippen LogP contribution is 2.23. The molecule has 2 rings (SSSR count). The number of aromatic nitrogens is 2. The maximum absolute atomic E-state index is 12.6. The number of amides is 1. The van der Waals surface area contributed by atoms with E-state index in [9.17, 15) is 4.79 Å². The zero-order valence-electron chi connectivity index (χ0n) is 16.4. The molecule has 140 valence electrons. The van der Waals surface area contributed by atoms with Gasteiger partial charge in [0.15, 0.2) is 5.16 Å². The maximum Gasteiger partial charge on any atom is 0.244 e. The first-order chi connectivity index (χ1) is 12.1. The van der Waals surface area contributed by atoms with Gasteiger partial charge in [0.1, 0.15) is 0 Å². The number of benzene rings is 1. The lowest BCUT2D eigenvalue weighted by molar-refractivity contribution is -0.121. The number of nitrogens with zero attached hydrogens (tertiary/aromatic N) is 2. The van der Waals surface area contributed by atoms with Crippen LogP contribution >= 0.6 is 11.8 Å². The molecule has 0 radical (unpaired) electrons. The van der Waals surface area contributed by atoms with Gasteiger partial charge in [-0.25, -0.2) is 9.97 Å². The Morgan fingerprint density at radius 3 is 2.31 bits per heavy atom. The molecule has 0 fully saturated rings. The van der Waals surface area contributed by atoms with Crippen LogP contribution in [-0.2, 0) is 16.8 Å². The fourth-order valence-corrected chi connectivity index (χ4v) is 2.68. The number of carbonyl (C=O) groups excluding carboxylic acids is 1. The first-order valence-electron chi connectivity index (χ1n) is 8.65. The highest BCUT2D eigenvalue weighted by atomic mass is 32.2. The van der Waals surface area contributed by atoms with Gasteiger partial charge in [0, 0.05) is 18.4 Å². The summed E-state index contributed by atoms with van der Waals surface area (Å²) in [5, 5.41) is 6.98. The van der Waals surface area contributed by atoms with Crippen LogP contribution in [0.15, 0.2) is 41.7 Å². The van der Waals surface area contributed by atoms with Gasteiger partial charge in [0.05, 0.1) is 11.2 Å². The van der Waals surface area contributed by atoms with E-state index in [1.807, 2.05) is 38.3 Å². The second-order valence-corrected chi connectivity index (χ2v) is 8.57. The van der Waals surface area contributed by atoms with Crippen LogP contribution in [0.2, 0.25) is 0 Å². The second-order valence-electron chi connectivity index (χ2n) is 7.79. The van der Waals surface area contributed by atoms with Gasteiger partial charge in [-0.2, -0.15) is 0 Å². The van der Waals surface area contributed by atoms with E-state index >= 15 is 0 Å². The highest BCUT2D eigenvalue weighted by Gasteiger charge is 2.27. The molecule has 0 unspecified atom stereocenters. The van der Waals surface area contributed by atoms with Crippen LogP contribution in [0, 0.1) is 0 Å². The smallest absolute Gasteiger partial charge is 0.244 e. The average molecular weight is 373 g/mol. The summed E-state index contributed by atoms with van der Waals surface area (Å²) in [5.41, 5.74) is 2.26. The summed E-state index contributed by atoms with van der Waals surface area (Å²) >= 11 is 1.50. The summed E-state index contributed by atoms with van der Waals surface area (Å²) in [5.74, 6) is -0.0832. The van der Waals surface area contributed by atoms with Crippen LogP contribution in [0.25, 0.3) is 0 Å². The van der Waals surface area contributed by atoms with Crippen LogP contribution in [0.4, 0.5) is 5.69 Å². The molecule has 0 atom stereocenters. The van der Waals surface area contributed by atoms with Gasteiger partial charge < -0.3 is 5.32 Å². The molecule has 1 aromatic carbocycles. The van der Waals surface area contributed by atoms with Crippen molar-refractivity contribution in [1.82, 2.24) is 15.3 Å². The monoisotopic (exact) mass is 372 g/mol. The molecule has 1 aromatic heterocycles. The molecule has 0 saturated heterocycles. The minimum absolute atomic E-state index is 0.0832. The minimum atomic E-state index is -0.729. The molecule has 0 aliphatic carbocycles. The first kappa shape index (κ1) is 20.4. The Hall–Kier alpha value is -1.92. The second kappa shape index (κ2) is 8.18. The molecular formula is C20H28N4OS. The number of nitrogens with one attached hydrogen (secondary N) is 2. The van der Waals surface area contributed by atoms with E-state index in [2.05, 4.69) is 53.5 Å². The molecule has 26 heavy (non-hydrogen) atoms. The number of rotatable bonds is 6. The predicted octanol–water partition coefficient (Wildman–Crippen LogP) is 4.00. The van der Waals surface area contributed by atoms with Crippen molar-refractivity contribution in [3.63, 3.8) is 0 Å². The van der Waals surface area contributed by atoms with Crippen LogP contribution in [0.5, 0.6) is 0 Å². The lowest BCUT2D eigenvalue weighted by Crippen LogP contribution is -2.49. The molecule has 6 heteroatoms. The van der Waals surface area contributed by atoms with E-state index in [0.717, 1.165) is 16.5 Å². The van der Waals surface area contributed by atoms with Crippen molar-refractivity contribution in [2.24, 2.45) is 0 Å². The first-order valence-corrected chi connectivity index (χ1v) is 9.87. The van der Waals surface area contributed by atoms with Crippen molar-refractivity contribution in [3.05, 3.63) is 47.8 Å². The third-order valence-electron chi connectivity index (χ3n) is 4.16. The molecule has 2 aromatic rings. The van der Waals surface area contributed by atoms with Crippen LogP contribution in [0.3, 0.4) is 0 Å².